The minimum Gasteiger partial charge on any atom is -0.508 e. The lowest BCUT2D eigenvalue weighted by Crippen LogP contribution is -2.45. The van der Waals surface area contributed by atoms with Crippen LogP contribution in [0.25, 0.3) is 5.70 Å². The predicted molar refractivity (Wildman–Crippen MR) is 98.6 cm³/mol. The number of nitriles is 1. The van der Waals surface area contributed by atoms with Crippen LogP contribution in [0.3, 0.4) is 0 Å². The molecule has 0 radical (unpaired) electrons. The Hall–Kier alpha value is -3.53. The van der Waals surface area contributed by atoms with Crippen molar-refractivity contribution in [3.05, 3.63) is 70.3 Å². The zero-order valence-corrected chi connectivity index (χ0v) is 14.1. The molecule has 0 atom stereocenters. The van der Waals surface area contributed by atoms with E-state index < -0.39 is 4.92 Å². The Morgan fingerprint density at radius 1 is 1.15 bits per heavy atom. The topological polar surface area (TPSA) is 93.6 Å². The highest BCUT2D eigenvalue weighted by Gasteiger charge is 2.21. The number of benzene rings is 2. The van der Waals surface area contributed by atoms with E-state index in [0.717, 1.165) is 18.8 Å². The lowest BCUT2D eigenvalue weighted by molar-refractivity contribution is -0.384. The number of hydrogen-bond donors (Lipinski definition) is 1. The zero-order valence-electron chi connectivity index (χ0n) is 14.1. The molecule has 2 aromatic carbocycles. The van der Waals surface area contributed by atoms with Crippen molar-refractivity contribution in [3.63, 3.8) is 0 Å². The number of anilines is 1. The molecule has 26 heavy (non-hydrogen) atoms. The van der Waals surface area contributed by atoms with E-state index in [-0.39, 0.29) is 11.4 Å². The number of nitrogens with zero attached hydrogens (tertiary/aromatic N) is 4. The van der Waals surface area contributed by atoms with Crippen LogP contribution < -0.4 is 4.90 Å². The smallest absolute Gasteiger partial charge is 0.270 e. The maximum Gasteiger partial charge on any atom is 0.270 e. The molecule has 0 aromatic heterocycles. The van der Waals surface area contributed by atoms with Gasteiger partial charge in [0, 0.05) is 55.6 Å². The lowest BCUT2D eigenvalue weighted by atomic mass is 10.1. The van der Waals surface area contributed by atoms with Gasteiger partial charge >= 0.3 is 0 Å². The lowest BCUT2D eigenvalue weighted by Gasteiger charge is -2.38. The highest BCUT2D eigenvalue weighted by molar-refractivity contribution is 5.68. The molecule has 7 heteroatoms. The summed E-state index contributed by atoms with van der Waals surface area (Å²) in [5, 5.41) is 29.6. The fraction of sp³-hybridized carbons (Fsp3) is 0.211. The third-order valence-electron chi connectivity index (χ3n) is 4.39. The minimum absolute atomic E-state index is 0.00840. The van der Waals surface area contributed by atoms with Crippen LogP contribution in [-0.2, 0) is 0 Å². The average Bonchev–Trinajstić information content (AvgIpc) is 2.67. The van der Waals surface area contributed by atoms with Crippen LogP contribution >= 0.6 is 0 Å². The molecule has 2 aromatic rings. The van der Waals surface area contributed by atoms with E-state index in [1.165, 1.54) is 18.2 Å². The molecule has 1 aliphatic rings. The summed E-state index contributed by atoms with van der Waals surface area (Å²) < 4.78 is 0. The van der Waals surface area contributed by atoms with Crippen LogP contribution in [0.2, 0.25) is 0 Å². The van der Waals surface area contributed by atoms with Crippen LogP contribution in [-0.4, -0.2) is 41.1 Å². The molecule has 1 aliphatic heterocycles. The molecule has 1 saturated heterocycles. The number of non-ortho nitro benzene ring substituents is 1. The Labute approximate surface area is 151 Å². The van der Waals surface area contributed by atoms with Crippen molar-refractivity contribution in [2.75, 3.05) is 31.1 Å². The van der Waals surface area contributed by atoms with Gasteiger partial charge in [-0.3, -0.25) is 10.1 Å². The maximum atomic E-state index is 11.0. The van der Waals surface area contributed by atoms with E-state index >= 15 is 0 Å². The molecule has 1 N–H and O–H groups in total. The molecule has 1 heterocycles. The molecule has 0 aliphatic carbocycles. The number of phenols is 1. The van der Waals surface area contributed by atoms with Crippen LogP contribution in [0, 0.1) is 21.4 Å². The van der Waals surface area contributed by atoms with Crippen LogP contribution in [0.5, 0.6) is 5.75 Å². The second-order valence-electron chi connectivity index (χ2n) is 5.96. The normalized spacial score (nSPS) is 14.8. The zero-order chi connectivity index (χ0) is 18.5. The highest BCUT2D eigenvalue weighted by atomic mass is 16.6. The van der Waals surface area contributed by atoms with Gasteiger partial charge < -0.3 is 14.9 Å². The summed E-state index contributed by atoms with van der Waals surface area (Å²) in [6.45, 7) is 2.89. The quantitative estimate of drug-likeness (QED) is 0.517. The number of piperazine rings is 1. The molecule has 1 fully saturated rings. The predicted octanol–water partition coefficient (Wildman–Crippen LogP) is 2.99. The summed E-state index contributed by atoms with van der Waals surface area (Å²) in [7, 11) is 0. The summed E-state index contributed by atoms with van der Waals surface area (Å²) in [5.74, 6) is 0.234. The van der Waals surface area contributed by atoms with Crippen molar-refractivity contribution in [2.45, 2.75) is 0 Å². The van der Waals surface area contributed by atoms with E-state index in [0.29, 0.717) is 24.4 Å². The van der Waals surface area contributed by atoms with Crippen molar-refractivity contribution in [1.82, 2.24) is 4.90 Å². The van der Waals surface area contributed by atoms with E-state index in [9.17, 15) is 15.2 Å². The minimum atomic E-state index is -0.434. The summed E-state index contributed by atoms with van der Waals surface area (Å²) >= 11 is 0. The van der Waals surface area contributed by atoms with Crippen molar-refractivity contribution in [1.29, 1.82) is 5.26 Å². The van der Waals surface area contributed by atoms with E-state index in [4.69, 9.17) is 5.26 Å². The molecular formula is C19H18N4O3. The molecule has 3 rings (SSSR count). The Bertz CT molecular complexity index is 863. The number of hydrogen-bond acceptors (Lipinski definition) is 6. The standard InChI is InChI=1S/C19H18N4O3/c20-9-8-19(15-2-1-3-17(14-15)23(25)26)22-12-10-21(11-13-22)16-4-6-18(24)7-5-16/h1-8,14,24H,10-13H2/b19-8-. The molecule has 7 nitrogen and oxygen atoms in total. The van der Waals surface area contributed by atoms with Crippen molar-refractivity contribution in [3.8, 4) is 11.8 Å². The third-order valence-corrected chi connectivity index (χ3v) is 4.39. The second kappa shape index (κ2) is 7.57. The summed E-state index contributed by atoms with van der Waals surface area (Å²) in [5.41, 5.74) is 2.40. The summed E-state index contributed by atoms with van der Waals surface area (Å²) in [6, 6.07) is 15.5. The Morgan fingerprint density at radius 3 is 2.46 bits per heavy atom. The molecule has 0 amide bonds. The van der Waals surface area contributed by atoms with Crippen molar-refractivity contribution >= 4 is 17.1 Å². The Balaban J connectivity index is 1.76. The van der Waals surface area contributed by atoms with Crippen molar-refractivity contribution < 1.29 is 10.0 Å². The molecule has 0 spiro atoms. The SMILES string of the molecule is N#C/C=C(/c1cccc([N+](=O)[O-])c1)N1CCN(c2ccc(O)cc2)CC1. The van der Waals surface area contributed by atoms with Gasteiger partial charge in [-0.05, 0) is 24.3 Å². The van der Waals surface area contributed by atoms with Gasteiger partial charge in [0.15, 0.2) is 0 Å². The molecule has 0 saturated carbocycles. The fourth-order valence-corrected chi connectivity index (χ4v) is 3.07. The summed E-state index contributed by atoms with van der Waals surface area (Å²) in [4.78, 5) is 14.9. The van der Waals surface area contributed by atoms with Gasteiger partial charge in [0.05, 0.1) is 16.7 Å². The van der Waals surface area contributed by atoms with E-state index in [2.05, 4.69) is 9.80 Å². The first-order valence-electron chi connectivity index (χ1n) is 8.22. The second-order valence-corrected chi connectivity index (χ2v) is 5.96. The molecule has 0 bridgehead atoms. The van der Waals surface area contributed by atoms with E-state index in [1.54, 1.807) is 24.3 Å². The van der Waals surface area contributed by atoms with Crippen molar-refractivity contribution in [2.24, 2.45) is 0 Å². The molecular weight excluding hydrogens is 332 g/mol. The Kier molecular flexibility index (Phi) is 5.04. The number of phenolic OH excluding ortho intramolecular Hbond substituents is 1. The first-order valence-corrected chi connectivity index (χ1v) is 8.22. The number of rotatable bonds is 4. The van der Waals surface area contributed by atoms with E-state index in [1.807, 2.05) is 18.2 Å². The van der Waals surface area contributed by atoms with Crippen LogP contribution in [0.15, 0.2) is 54.6 Å². The Morgan fingerprint density at radius 2 is 1.85 bits per heavy atom. The van der Waals surface area contributed by atoms with Crippen LogP contribution in [0.4, 0.5) is 11.4 Å². The molecule has 132 valence electrons. The highest BCUT2D eigenvalue weighted by Crippen LogP contribution is 2.26. The van der Waals surface area contributed by atoms with Gasteiger partial charge in [-0.2, -0.15) is 5.26 Å². The van der Waals surface area contributed by atoms with Crippen LogP contribution in [0.1, 0.15) is 5.56 Å². The van der Waals surface area contributed by atoms with Gasteiger partial charge in [-0.15, -0.1) is 0 Å². The third kappa shape index (κ3) is 3.75. The average molecular weight is 350 g/mol. The number of aromatic hydroxyl groups is 1. The monoisotopic (exact) mass is 350 g/mol. The fourth-order valence-electron chi connectivity index (χ4n) is 3.07. The number of allylic oxidation sites excluding steroid dienone is 1. The van der Waals surface area contributed by atoms with Gasteiger partial charge in [-0.1, -0.05) is 12.1 Å². The van der Waals surface area contributed by atoms with Gasteiger partial charge in [0.1, 0.15) is 5.75 Å². The first kappa shape index (κ1) is 17.3. The number of nitro groups is 1. The van der Waals surface area contributed by atoms with Gasteiger partial charge in [0.2, 0.25) is 0 Å². The maximum absolute atomic E-state index is 11.0. The van der Waals surface area contributed by atoms with Gasteiger partial charge in [-0.25, -0.2) is 0 Å². The number of nitro benzene ring substituents is 1. The van der Waals surface area contributed by atoms with Gasteiger partial charge in [0.25, 0.3) is 5.69 Å². The summed E-state index contributed by atoms with van der Waals surface area (Å²) in [6.07, 6.45) is 1.44. The first-order chi connectivity index (χ1) is 12.6. The molecule has 0 unspecified atom stereocenters. The largest absolute Gasteiger partial charge is 0.508 e.